The van der Waals surface area contributed by atoms with Gasteiger partial charge in [0.1, 0.15) is 5.75 Å². The maximum absolute atomic E-state index is 10.3. The van der Waals surface area contributed by atoms with Crippen LogP contribution in [-0.4, -0.2) is 54.6 Å². The van der Waals surface area contributed by atoms with Crippen LogP contribution in [0.5, 0.6) is 5.75 Å². The highest BCUT2D eigenvalue weighted by Crippen LogP contribution is 2.52. The van der Waals surface area contributed by atoms with Gasteiger partial charge in [0.2, 0.25) is 0 Å². The summed E-state index contributed by atoms with van der Waals surface area (Å²) in [4.78, 5) is 2.63. The molecule has 0 unspecified atom stereocenters. The third kappa shape index (κ3) is 2.56. The first-order valence-electron chi connectivity index (χ1n) is 9.35. The van der Waals surface area contributed by atoms with E-state index >= 15 is 0 Å². The van der Waals surface area contributed by atoms with E-state index in [4.69, 9.17) is 4.74 Å². The Labute approximate surface area is 144 Å². The van der Waals surface area contributed by atoms with Crippen molar-refractivity contribution in [3.63, 3.8) is 0 Å². The lowest BCUT2D eigenvalue weighted by Crippen LogP contribution is -2.61. The van der Waals surface area contributed by atoms with Crippen molar-refractivity contribution in [3.8, 4) is 5.75 Å². The van der Waals surface area contributed by atoms with Gasteiger partial charge in [-0.15, -0.1) is 0 Å². The molecule has 0 spiro atoms. The fraction of sp³-hybridized carbons (Fsp3) is 0.700. The van der Waals surface area contributed by atoms with E-state index in [1.165, 1.54) is 30.5 Å². The quantitative estimate of drug-likeness (QED) is 0.837. The van der Waals surface area contributed by atoms with Crippen molar-refractivity contribution in [3.05, 3.63) is 29.3 Å². The Morgan fingerprint density at radius 1 is 1.29 bits per heavy atom. The molecule has 132 valence electrons. The molecule has 0 amide bonds. The lowest BCUT2D eigenvalue weighted by molar-refractivity contribution is -0.0267. The first-order chi connectivity index (χ1) is 11.7. The number of piperidine rings is 1. The number of likely N-dealkylation sites (tertiary alicyclic amines) is 1. The maximum Gasteiger partial charge on any atom is 0.119 e. The predicted octanol–water partition coefficient (Wildman–Crippen LogP) is 1.96. The standard InChI is InChI=1S/C20H29NO3/c1-24-16-5-4-15-10-19-18(13-23)20(7-9-22,17(15)11-16)6-8-21(19)12-14-2-3-14/h4-5,11,14,18-19,22-23H,2-3,6-10,12-13H2,1H3/t18-,19+,20+/m0/s1. The number of fused-ring (bicyclic) bond motifs is 4. The molecule has 24 heavy (non-hydrogen) atoms. The fourth-order valence-corrected chi connectivity index (χ4v) is 5.27. The van der Waals surface area contributed by atoms with E-state index in [-0.39, 0.29) is 24.5 Å². The zero-order chi connectivity index (χ0) is 16.7. The molecule has 2 aliphatic carbocycles. The van der Waals surface area contributed by atoms with Gasteiger partial charge in [-0.25, -0.2) is 0 Å². The average molecular weight is 331 g/mol. The zero-order valence-electron chi connectivity index (χ0n) is 14.6. The minimum absolute atomic E-state index is 0.115. The molecule has 0 aromatic heterocycles. The van der Waals surface area contributed by atoms with E-state index in [2.05, 4.69) is 17.0 Å². The van der Waals surface area contributed by atoms with Gasteiger partial charge in [-0.2, -0.15) is 0 Å². The first-order valence-corrected chi connectivity index (χ1v) is 9.35. The molecule has 1 saturated heterocycles. The summed E-state index contributed by atoms with van der Waals surface area (Å²) in [5, 5.41) is 20.1. The predicted molar refractivity (Wildman–Crippen MR) is 93.4 cm³/mol. The van der Waals surface area contributed by atoms with Gasteiger partial charge >= 0.3 is 0 Å². The third-order valence-electron chi connectivity index (χ3n) is 6.72. The topological polar surface area (TPSA) is 52.9 Å². The van der Waals surface area contributed by atoms with Gasteiger partial charge < -0.3 is 14.9 Å². The summed E-state index contributed by atoms with van der Waals surface area (Å²) >= 11 is 0. The van der Waals surface area contributed by atoms with Gasteiger partial charge in [0, 0.05) is 37.1 Å². The molecule has 2 bridgehead atoms. The number of methoxy groups -OCH3 is 1. The Bertz CT molecular complexity index is 601. The van der Waals surface area contributed by atoms with Crippen molar-refractivity contribution >= 4 is 0 Å². The van der Waals surface area contributed by atoms with Gasteiger partial charge in [-0.1, -0.05) is 6.07 Å². The van der Waals surface area contributed by atoms with Crippen LogP contribution in [0.4, 0.5) is 0 Å². The SMILES string of the molecule is COc1ccc2c(c1)[C@]1(CCO)CCN(CC3CC3)[C@H](C2)[C@@H]1CO. The molecule has 1 aliphatic heterocycles. The second-order valence-electron chi connectivity index (χ2n) is 7.90. The van der Waals surface area contributed by atoms with Crippen LogP contribution in [0.3, 0.4) is 0 Å². The molecule has 4 nitrogen and oxygen atoms in total. The Kier molecular flexibility index (Phi) is 4.31. The molecular weight excluding hydrogens is 302 g/mol. The third-order valence-corrected chi connectivity index (χ3v) is 6.72. The van der Waals surface area contributed by atoms with Crippen LogP contribution in [0.1, 0.15) is 36.8 Å². The van der Waals surface area contributed by atoms with E-state index in [1.54, 1.807) is 7.11 Å². The van der Waals surface area contributed by atoms with Crippen molar-refractivity contribution in [2.24, 2.45) is 11.8 Å². The Balaban J connectivity index is 1.76. The zero-order valence-corrected chi connectivity index (χ0v) is 14.6. The van der Waals surface area contributed by atoms with Crippen LogP contribution < -0.4 is 4.74 Å². The molecule has 2 fully saturated rings. The highest BCUT2D eigenvalue weighted by atomic mass is 16.5. The van der Waals surface area contributed by atoms with Crippen LogP contribution in [0.25, 0.3) is 0 Å². The van der Waals surface area contributed by atoms with Crippen molar-refractivity contribution < 1.29 is 14.9 Å². The number of ether oxygens (including phenoxy) is 1. The molecule has 1 saturated carbocycles. The summed E-state index contributed by atoms with van der Waals surface area (Å²) in [6.45, 7) is 2.63. The summed E-state index contributed by atoms with van der Waals surface area (Å²) in [5.41, 5.74) is 2.56. The van der Waals surface area contributed by atoms with E-state index in [0.717, 1.165) is 37.5 Å². The molecule has 3 atom stereocenters. The van der Waals surface area contributed by atoms with Crippen LogP contribution in [-0.2, 0) is 11.8 Å². The Morgan fingerprint density at radius 3 is 2.79 bits per heavy atom. The number of aliphatic hydroxyl groups excluding tert-OH is 2. The second kappa shape index (κ2) is 6.32. The lowest BCUT2D eigenvalue weighted by atomic mass is 9.56. The maximum atomic E-state index is 10.3. The number of nitrogens with zero attached hydrogens (tertiary/aromatic N) is 1. The van der Waals surface area contributed by atoms with Gasteiger partial charge in [0.05, 0.1) is 7.11 Å². The summed E-state index contributed by atoms with van der Waals surface area (Å²) in [6, 6.07) is 6.80. The van der Waals surface area contributed by atoms with Gasteiger partial charge in [0.15, 0.2) is 0 Å². The molecule has 1 heterocycles. The van der Waals surface area contributed by atoms with E-state index in [0.29, 0.717) is 6.04 Å². The number of benzene rings is 1. The number of hydrogen-bond acceptors (Lipinski definition) is 4. The first kappa shape index (κ1) is 16.4. The fourth-order valence-electron chi connectivity index (χ4n) is 5.27. The summed E-state index contributed by atoms with van der Waals surface area (Å²) < 4.78 is 5.46. The van der Waals surface area contributed by atoms with Gasteiger partial charge in [-0.05, 0) is 67.8 Å². The second-order valence-corrected chi connectivity index (χ2v) is 7.90. The minimum Gasteiger partial charge on any atom is -0.497 e. The minimum atomic E-state index is -0.115. The van der Waals surface area contributed by atoms with Crippen LogP contribution >= 0.6 is 0 Å². The van der Waals surface area contributed by atoms with E-state index in [1.807, 2.05) is 6.07 Å². The van der Waals surface area contributed by atoms with Crippen LogP contribution in [0.15, 0.2) is 18.2 Å². The molecular formula is C20H29NO3. The highest BCUT2D eigenvalue weighted by Gasteiger charge is 2.53. The van der Waals surface area contributed by atoms with E-state index in [9.17, 15) is 10.2 Å². The summed E-state index contributed by atoms with van der Waals surface area (Å²) in [5.74, 6) is 1.95. The molecule has 0 radical (unpaired) electrons. The van der Waals surface area contributed by atoms with Crippen LogP contribution in [0.2, 0.25) is 0 Å². The number of hydrogen-bond donors (Lipinski definition) is 2. The number of aliphatic hydroxyl groups is 2. The smallest absolute Gasteiger partial charge is 0.119 e. The molecule has 2 N–H and O–H groups in total. The van der Waals surface area contributed by atoms with Gasteiger partial charge in [0.25, 0.3) is 0 Å². The Hall–Kier alpha value is -1.10. The Morgan fingerprint density at radius 2 is 2.12 bits per heavy atom. The van der Waals surface area contributed by atoms with Crippen molar-refractivity contribution in [2.75, 3.05) is 33.4 Å². The van der Waals surface area contributed by atoms with Crippen molar-refractivity contribution in [2.45, 2.75) is 43.6 Å². The highest BCUT2D eigenvalue weighted by molar-refractivity contribution is 5.45. The monoisotopic (exact) mass is 331 g/mol. The van der Waals surface area contributed by atoms with Crippen molar-refractivity contribution in [1.29, 1.82) is 0 Å². The molecule has 1 aromatic rings. The summed E-state index contributed by atoms with van der Waals surface area (Å²) in [6.07, 6.45) is 5.48. The lowest BCUT2D eigenvalue weighted by Gasteiger charge is -2.56. The average Bonchev–Trinajstić information content (AvgIpc) is 3.41. The normalized spacial score (nSPS) is 32.5. The largest absolute Gasteiger partial charge is 0.497 e. The van der Waals surface area contributed by atoms with Gasteiger partial charge in [-0.3, -0.25) is 4.90 Å². The van der Waals surface area contributed by atoms with Crippen molar-refractivity contribution in [1.82, 2.24) is 4.90 Å². The molecule has 4 rings (SSSR count). The van der Waals surface area contributed by atoms with E-state index < -0.39 is 0 Å². The summed E-state index contributed by atoms with van der Waals surface area (Å²) in [7, 11) is 1.70. The molecule has 1 aromatic carbocycles. The number of rotatable bonds is 6. The van der Waals surface area contributed by atoms with Crippen LogP contribution in [0, 0.1) is 11.8 Å². The molecule has 4 heteroatoms. The molecule has 3 aliphatic rings.